The van der Waals surface area contributed by atoms with Crippen molar-refractivity contribution in [3.63, 3.8) is 0 Å². The van der Waals surface area contributed by atoms with Gasteiger partial charge >= 0.3 is 0 Å². The number of methoxy groups -OCH3 is 1. The van der Waals surface area contributed by atoms with Gasteiger partial charge in [-0.25, -0.2) is 0 Å². The molecule has 0 spiro atoms. The Hall–Kier alpha value is 1.38. The van der Waals surface area contributed by atoms with Crippen molar-refractivity contribution in [1.29, 1.82) is 0 Å². The zero-order chi connectivity index (χ0) is 7.82. The Morgan fingerprint density at radius 1 is 1.17 bits per heavy atom. The first-order valence-electron chi connectivity index (χ1n) is 3.98. The average Bonchev–Trinajstić information content (AvgIpc) is 2.40. The van der Waals surface area contributed by atoms with E-state index in [1.807, 2.05) is 6.92 Å². The van der Waals surface area contributed by atoms with Crippen LogP contribution in [-0.4, -0.2) is 38.8 Å². The fraction of sp³-hybridized carbons (Fsp3) is 1.00. The van der Waals surface area contributed by atoms with Crippen LogP contribution in [0.25, 0.3) is 0 Å². The normalized spacial score (nSPS) is 15.2. The fourth-order valence-electron chi connectivity index (χ4n) is 0.875. The van der Waals surface area contributed by atoms with E-state index in [1.165, 1.54) is 25.9 Å². The van der Waals surface area contributed by atoms with E-state index in [0.717, 1.165) is 6.61 Å². The zero-order valence-electron chi connectivity index (χ0n) is 8.21. The molecule has 1 heterocycles. The summed E-state index contributed by atoms with van der Waals surface area (Å²) >= 11 is 0. The van der Waals surface area contributed by atoms with Crippen LogP contribution in [0.15, 0.2) is 0 Å². The molecule has 1 rings (SSSR count). The van der Waals surface area contributed by atoms with Gasteiger partial charge in [0.2, 0.25) is 0 Å². The molecule has 0 bridgehead atoms. The van der Waals surface area contributed by atoms with Crippen molar-refractivity contribution in [2.75, 3.05) is 33.9 Å². The predicted octanol–water partition coefficient (Wildman–Crippen LogP) is 2.60. The second kappa shape index (κ2) is 14.9. The van der Waals surface area contributed by atoms with Gasteiger partial charge in [-0.1, -0.05) is 0 Å². The molecule has 1 aliphatic rings. The second-order valence-electron chi connectivity index (χ2n) is 2.59. The van der Waals surface area contributed by atoms with E-state index >= 15 is 0 Å². The Labute approximate surface area is 110 Å². The molecule has 2 nitrogen and oxygen atoms in total. The quantitative estimate of drug-likeness (QED) is 0.627. The van der Waals surface area contributed by atoms with Crippen molar-refractivity contribution in [3.05, 3.63) is 0 Å². The Balaban J connectivity index is -0.000000124. The number of hydrogen-bond donors (Lipinski definition) is 0. The molecule has 0 atom stereocenters. The van der Waals surface area contributed by atoms with Gasteiger partial charge in [-0.3, -0.25) is 0 Å². The topological polar surface area (TPSA) is 12.5 Å². The molecule has 0 unspecified atom stereocenters. The zero-order valence-corrected chi connectivity index (χ0v) is 12.9. The standard InChI is InChI=1S/C5H11N.C3H8O.2HI/c1-6-4-2-3-5-6;1-3-4-2;;/h2-5H2,1H3;3H2,1-2H3;2*1H. The van der Waals surface area contributed by atoms with Crippen molar-refractivity contribution < 1.29 is 4.74 Å². The molecule has 1 aliphatic heterocycles. The highest BCUT2D eigenvalue weighted by atomic mass is 127. The summed E-state index contributed by atoms with van der Waals surface area (Å²) in [6, 6.07) is 0. The third-order valence-corrected chi connectivity index (χ3v) is 1.62. The molecule has 1 fully saturated rings. The average molecular weight is 401 g/mol. The van der Waals surface area contributed by atoms with Gasteiger partial charge < -0.3 is 9.64 Å². The molecular formula is C8H21I2NO. The van der Waals surface area contributed by atoms with Gasteiger partial charge in [-0.2, -0.15) is 0 Å². The van der Waals surface area contributed by atoms with E-state index in [0.29, 0.717) is 0 Å². The number of ether oxygens (including phenoxy) is 1. The summed E-state index contributed by atoms with van der Waals surface area (Å²) in [6.07, 6.45) is 2.83. The molecular weight excluding hydrogens is 380 g/mol. The SMILES string of the molecule is CCOC.CN1CCCC1.I.I. The van der Waals surface area contributed by atoms with Crippen LogP contribution in [-0.2, 0) is 4.74 Å². The molecule has 4 heteroatoms. The van der Waals surface area contributed by atoms with E-state index in [4.69, 9.17) is 0 Å². The minimum atomic E-state index is 0. The first-order valence-corrected chi connectivity index (χ1v) is 3.98. The lowest BCUT2D eigenvalue weighted by atomic mass is 10.4. The summed E-state index contributed by atoms with van der Waals surface area (Å²) in [7, 11) is 3.85. The summed E-state index contributed by atoms with van der Waals surface area (Å²) < 4.78 is 4.54. The van der Waals surface area contributed by atoms with Crippen LogP contribution in [0.4, 0.5) is 0 Å². The minimum Gasteiger partial charge on any atom is -0.385 e. The lowest BCUT2D eigenvalue weighted by molar-refractivity contribution is 0.215. The first-order chi connectivity index (χ1) is 4.81. The molecule has 78 valence electrons. The number of hydrogen-bond acceptors (Lipinski definition) is 2. The maximum absolute atomic E-state index is 4.54. The van der Waals surface area contributed by atoms with Crippen LogP contribution in [0.5, 0.6) is 0 Å². The predicted molar refractivity (Wildman–Crippen MR) is 75.1 cm³/mol. The van der Waals surface area contributed by atoms with Crippen molar-refractivity contribution in [2.24, 2.45) is 0 Å². The van der Waals surface area contributed by atoms with E-state index in [1.54, 1.807) is 7.11 Å². The van der Waals surface area contributed by atoms with Crippen molar-refractivity contribution in [2.45, 2.75) is 19.8 Å². The highest BCUT2D eigenvalue weighted by Crippen LogP contribution is 2.01. The molecule has 0 amide bonds. The van der Waals surface area contributed by atoms with E-state index in [9.17, 15) is 0 Å². The van der Waals surface area contributed by atoms with Gasteiger partial charge in [0.15, 0.2) is 0 Å². The molecule has 0 aromatic rings. The third kappa shape index (κ3) is 13.9. The highest BCUT2D eigenvalue weighted by molar-refractivity contribution is 14.0. The second-order valence-corrected chi connectivity index (χ2v) is 2.59. The molecule has 0 aromatic carbocycles. The van der Waals surface area contributed by atoms with Crippen LogP contribution in [0, 0.1) is 0 Å². The molecule has 1 saturated heterocycles. The fourth-order valence-corrected chi connectivity index (χ4v) is 0.875. The van der Waals surface area contributed by atoms with Gasteiger partial charge in [-0.15, -0.1) is 48.0 Å². The van der Waals surface area contributed by atoms with E-state index in [2.05, 4.69) is 16.7 Å². The maximum atomic E-state index is 4.54. The van der Waals surface area contributed by atoms with Crippen LogP contribution >= 0.6 is 48.0 Å². The number of rotatable bonds is 1. The Morgan fingerprint density at radius 3 is 1.58 bits per heavy atom. The van der Waals surface area contributed by atoms with E-state index < -0.39 is 0 Å². The molecule has 0 aromatic heterocycles. The van der Waals surface area contributed by atoms with Crippen LogP contribution < -0.4 is 0 Å². The van der Waals surface area contributed by atoms with Crippen molar-refractivity contribution in [1.82, 2.24) is 4.90 Å². The minimum absolute atomic E-state index is 0. The molecule has 12 heavy (non-hydrogen) atoms. The number of nitrogens with zero attached hydrogens (tertiary/aromatic N) is 1. The molecule has 0 radical (unpaired) electrons. The lowest BCUT2D eigenvalue weighted by Crippen LogP contribution is -2.10. The first kappa shape index (κ1) is 19.0. The molecule has 0 saturated carbocycles. The largest absolute Gasteiger partial charge is 0.385 e. The van der Waals surface area contributed by atoms with Crippen molar-refractivity contribution >= 4 is 48.0 Å². The number of likely N-dealkylation sites (tertiary alicyclic amines) is 1. The van der Waals surface area contributed by atoms with Crippen LogP contribution in [0.1, 0.15) is 19.8 Å². The Kier molecular flexibility index (Phi) is 23.6. The van der Waals surface area contributed by atoms with Gasteiger partial charge in [0.05, 0.1) is 0 Å². The van der Waals surface area contributed by atoms with Gasteiger partial charge in [-0.05, 0) is 39.9 Å². The van der Waals surface area contributed by atoms with Gasteiger partial charge in [0.1, 0.15) is 0 Å². The summed E-state index contributed by atoms with van der Waals surface area (Å²) in [4.78, 5) is 2.36. The highest BCUT2D eigenvalue weighted by Gasteiger charge is 2.03. The number of halogens is 2. The lowest BCUT2D eigenvalue weighted by Gasteiger charge is -2.01. The monoisotopic (exact) mass is 401 g/mol. The summed E-state index contributed by atoms with van der Waals surface area (Å²) in [5.41, 5.74) is 0. The molecule has 0 aliphatic carbocycles. The Morgan fingerprint density at radius 2 is 1.50 bits per heavy atom. The van der Waals surface area contributed by atoms with Crippen LogP contribution in [0.3, 0.4) is 0 Å². The summed E-state index contributed by atoms with van der Waals surface area (Å²) in [6.45, 7) is 5.42. The van der Waals surface area contributed by atoms with Gasteiger partial charge in [0, 0.05) is 13.7 Å². The third-order valence-electron chi connectivity index (χ3n) is 1.62. The summed E-state index contributed by atoms with van der Waals surface area (Å²) in [5, 5.41) is 0. The maximum Gasteiger partial charge on any atom is 0.0433 e. The van der Waals surface area contributed by atoms with Crippen LogP contribution in [0.2, 0.25) is 0 Å². The summed E-state index contributed by atoms with van der Waals surface area (Å²) in [5.74, 6) is 0. The van der Waals surface area contributed by atoms with Crippen molar-refractivity contribution in [3.8, 4) is 0 Å². The smallest absolute Gasteiger partial charge is 0.0433 e. The van der Waals surface area contributed by atoms with E-state index in [-0.39, 0.29) is 48.0 Å². The van der Waals surface area contributed by atoms with Gasteiger partial charge in [0.25, 0.3) is 0 Å². The molecule has 0 N–H and O–H groups in total. The Bertz CT molecular complexity index is 66.1.